The van der Waals surface area contributed by atoms with Gasteiger partial charge in [0, 0.05) is 11.6 Å². The first-order valence-corrected chi connectivity index (χ1v) is 13.7. The molecule has 4 aromatic rings. The Morgan fingerprint density at radius 2 is 1.81 bits per heavy atom. The molecule has 1 aromatic heterocycles. The third kappa shape index (κ3) is 7.34. The third-order valence-corrected chi connectivity index (χ3v) is 7.17. The molecular formula is C28H25ClF3N5O4S. The van der Waals surface area contributed by atoms with Gasteiger partial charge in [-0.15, -0.1) is 10.2 Å². The lowest BCUT2D eigenvalue weighted by Crippen LogP contribution is -2.24. The number of aryl methyl sites for hydroxylation is 1. The average Bonchev–Trinajstić information content (AvgIpc) is 3.37. The van der Waals surface area contributed by atoms with Crippen LogP contribution in [0.15, 0.2) is 65.8 Å². The summed E-state index contributed by atoms with van der Waals surface area (Å²) in [5.74, 6) is 0.0737. The second-order valence-electron chi connectivity index (χ2n) is 8.85. The molecule has 0 saturated heterocycles. The van der Waals surface area contributed by atoms with Gasteiger partial charge in [0.05, 0.1) is 48.5 Å². The molecule has 0 spiro atoms. The molecule has 0 unspecified atom stereocenters. The summed E-state index contributed by atoms with van der Waals surface area (Å²) in [5.41, 5.74) is 0.755. The summed E-state index contributed by atoms with van der Waals surface area (Å²) >= 11 is 6.99. The van der Waals surface area contributed by atoms with Crippen molar-refractivity contribution in [1.29, 1.82) is 0 Å². The molecule has 4 rings (SSSR count). The van der Waals surface area contributed by atoms with Crippen LogP contribution in [0.4, 0.5) is 18.9 Å². The minimum atomic E-state index is -4.60. The van der Waals surface area contributed by atoms with Gasteiger partial charge in [-0.2, -0.15) is 13.2 Å². The normalized spacial score (nSPS) is 11.2. The predicted molar refractivity (Wildman–Crippen MR) is 153 cm³/mol. The number of thioether (sulfide) groups is 1. The van der Waals surface area contributed by atoms with E-state index in [0.29, 0.717) is 28.6 Å². The second-order valence-corrected chi connectivity index (χ2v) is 10.2. The standard InChI is InChI=1S/C28H25ClF3N5O4S/c1-16-5-4-6-17(11-16)26(39)33-14-24-35-36-27(37(24)22-13-19(40-2)8-10-23(22)41-3)42-15-25(38)34-21-12-18(28(30,31)32)7-9-20(21)29/h4-13H,14-15H2,1-3H3,(H,33,39)(H,34,38). The summed E-state index contributed by atoms with van der Waals surface area (Å²) in [6.45, 7) is 1.86. The fourth-order valence-corrected chi connectivity index (χ4v) is 4.81. The number of methoxy groups -OCH3 is 2. The van der Waals surface area contributed by atoms with Gasteiger partial charge in [0.15, 0.2) is 11.0 Å². The van der Waals surface area contributed by atoms with Crippen LogP contribution in [-0.2, 0) is 17.5 Å². The van der Waals surface area contributed by atoms with Crippen molar-refractivity contribution in [1.82, 2.24) is 20.1 Å². The smallest absolute Gasteiger partial charge is 0.416 e. The van der Waals surface area contributed by atoms with Crippen LogP contribution in [0.2, 0.25) is 5.02 Å². The number of rotatable bonds is 10. The van der Waals surface area contributed by atoms with Gasteiger partial charge >= 0.3 is 6.18 Å². The molecule has 9 nitrogen and oxygen atoms in total. The Morgan fingerprint density at radius 1 is 1.02 bits per heavy atom. The number of amides is 2. The van der Waals surface area contributed by atoms with E-state index in [2.05, 4.69) is 20.8 Å². The van der Waals surface area contributed by atoms with E-state index in [1.165, 1.54) is 14.2 Å². The minimum Gasteiger partial charge on any atom is -0.497 e. The molecule has 2 N–H and O–H groups in total. The highest BCUT2D eigenvalue weighted by Gasteiger charge is 2.31. The van der Waals surface area contributed by atoms with Crippen LogP contribution in [0, 0.1) is 6.92 Å². The summed E-state index contributed by atoms with van der Waals surface area (Å²) < 4.78 is 51.9. The highest BCUT2D eigenvalue weighted by Crippen LogP contribution is 2.35. The van der Waals surface area contributed by atoms with Crippen molar-refractivity contribution in [2.75, 3.05) is 25.3 Å². The molecule has 14 heteroatoms. The van der Waals surface area contributed by atoms with Crippen molar-refractivity contribution in [3.05, 3.63) is 88.2 Å². The Labute approximate surface area is 248 Å². The van der Waals surface area contributed by atoms with Crippen molar-refractivity contribution in [3.63, 3.8) is 0 Å². The SMILES string of the molecule is COc1ccc(OC)c(-n2c(CNC(=O)c3cccc(C)c3)nnc2SCC(=O)Nc2cc(C(F)(F)F)ccc2Cl)c1. The molecule has 220 valence electrons. The Hall–Kier alpha value is -4.23. The van der Waals surface area contributed by atoms with Crippen LogP contribution >= 0.6 is 23.4 Å². The number of anilines is 1. The van der Waals surface area contributed by atoms with E-state index >= 15 is 0 Å². The number of alkyl halides is 3. The van der Waals surface area contributed by atoms with E-state index in [1.807, 2.05) is 13.0 Å². The zero-order valence-corrected chi connectivity index (χ0v) is 24.2. The van der Waals surface area contributed by atoms with Gasteiger partial charge in [0.1, 0.15) is 11.5 Å². The van der Waals surface area contributed by atoms with E-state index in [4.69, 9.17) is 21.1 Å². The van der Waals surface area contributed by atoms with Crippen molar-refractivity contribution >= 4 is 40.9 Å². The van der Waals surface area contributed by atoms with Gasteiger partial charge < -0.3 is 20.1 Å². The number of carbonyl (C=O) groups is 2. The Morgan fingerprint density at radius 3 is 2.50 bits per heavy atom. The van der Waals surface area contributed by atoms with E-state index in [0.717, 1.165) is 35.5 Å². The van der Waals surface area contributed by atoms with Gasteiger partial charge in [-0.3, -0.25) is 14.2 Å². The zero-order chi connectivity index (χ0) is 30.4. The van der Waals surface area contributed by atoms with Gasteiger partial charge in [-0.1, -0.05) is 41.1 Å². The van der Waals surface area contributed by atoms with Crippen LogP contribution in [-0.4, -0.2) is 46.6 Å². The molecule has 42 heavy (non-hydrogen) atoms. The number of hydrogen-bond acceptors (Lipinski definition) is 7. The highest BCUT2D eigenvalue weighted by atomic mass is 35.5. The molecule has 2 amide bonds. The molecule has 0 atom stereocenters. The summed E-state index contributed by atoms with van der Waals surface area (Å²) in [7, 11) is 2.98. The van der Waals surface area contributed by atoms with Crippen LogP contribution < -0.4 is 20.1 Å². The molecule has 0 fully saturated rings. The van der Waals surface area contributed by atoms with Gasteiger partial charge in [-0.25, -0.2) is 0 Å². The fourth-order valence-electron chi connectivity index (χ4n) is 3.88. The lowest BCUT2D eigenvalue weighted by atomic mass is 10.1. The average molecular weight is 620 g/mol. The van der Waals surface area contributed by atoms with Crippen LogP contribution in [0.25, 0.3) is 5.69 Å². The number of carbonyl (C=O) groups excluding carboxylic acids is 2. The molecule has 0 radical (unpaired) electrons. The fraction of sp³-hybridized carbons (Fsp3) is 0.214. The summed E-state index contributed by atoms with van der Waals surface area (Å²) in [5, 5.41) is 13.9. The number of aromatic nitrogens is 3. The largest absolute Gasteiger partial charge is 0.497 e. The number of nitrogens with one attached hydrogen (secondary N) is 2. The topological polar surface area (TPSA) is 107 Å². The van der Waals surface area contributed by atoms with E-state index in [1.54, 1.807) is 41.0 Å². The first kappa shape index (κ1) is 30.7. The lowest BCUT2D eigenvalue weighted by molar-refractivity contribution is -0.137. The van der Waals surface area contributed by atoms with Crippen molar-refractivity contribution < 1.29 is 32.2 Å². The monoisotopic (exact) mass is 619 g/mol. The summed E-state index contributed by atoms with van der Waals surface area (Å²) in [4.78, 5) is 25.5. The van der Waals surface area contributed by atoms with Crippen molar-refractivity contribution in [2.24, 2.45) is 0 Å². The lowest BCUT2D eigenvalue weighted by Gasteiger charge is -2.15. The van der Waals surface area contributed by atoms with Gasteiger partial charge in [0.2, 0.25) is 5.91 Å². The van der Waals surface area contributed by atoms with Crippen molar-refractivity contribution in [2.45, 2.75) is 24.8 Å². The highest BCUT2D eigenvalue weighted by molar-refractivity contribution is 7.99. The maximum atomic E-state index is 13.1. The number of nitrogens with zero attached hydrogens (tertiary/aromatic N) is 3. The Kier molecular flexibility index (Phi) is 9.63. The molecular weight excluding hydrogens is 595 g/mol. The van der Waals surface area contributed by atoms with Crippen molar-refractivity contribution in [3.8, 4) is 17.2 Å². The molecule has 1 heterocycles. The number of ether oxygens (including phenoxy) is 2. The summed E-state index contributed by atoms with van der Waals surface area (Å²) in [6, 6.07) is 14.8. The summed E-state index contributed by atoms with van der Waals surface area (Å²) in [6.07, 6.45) is -4.60. The number of halogens is 4. The quantitative estimate of drug-likeness (QED) is 0.212. The molecule has 3 aromatic carbocycles. The maximum Gasteiger partial charge on any atom is 0.416 e. The van der Waals surface area contributed by atoms with Crippen LogP contribution in [0.5, 0.6) is 11.5 Å². The van der Waals surface area contributed by atoms with Gasteiger partial charge in [-0.05, 0) is 49.4 Å². The zero-order valence-electron chi connectivity index (χ0n) is 22.6. The molecule has 0 aliphatic rings. The van der Waals surface area contributed by atoms with Gasteiger partial charge in [0.25, 0.3) is 5.91 Å². The molecule has 0 aliphatic carbocycles. The number of benzene rings is 3. The molecule has 0 bridgehead atoms. The maximum absolute atomic E-state index is 13.1. The first-order valence-electron chi connectivity index (χ1n) is 12.3. The molecule has 0 saturated carbocycles. The predicted octanol–water partition coefficient (Wildman–Crippen LogP) is 5.93. The van der Waals surface area contributed by atoms with Crippen LogP contribution in [0.3, 0.4) is 0 Å². The van der Waals surface area contributed by atoms with E-state index < -0.39 is 17.6 Å². The molecule has 0 aliphatic heterocycles. The second kappa shape index (κ2) is 13.2. The van der Waals surface area contributed by atoms with E-state index in [-0.39, 0.29) is 34.1 Å². The Balaban J connectivity index is 1.59. The van der Waals surface area contributed by atoms with E-state index in [9.17, 15) is 22.8 Å². The minimum absolute atomic E-state index is 0.0211. The Bertz CT molecular complexity index is 1610. The third-order valence-electron chi connectivity index (χ3n) is 5.91. The number of hydrogen-bond donors (Lipinski definition) is 2. The van der Waals surface area contributed by atoms with Crippen LogP contribution in [0.1, 0.15) is 27.3 Å². The first-order chi connectivity index (χ1) is 20.0.